The van der Waals surface area contributed by atoms with E-state index in [-0.39, 0.29) is 42.2 Å². The highest BCUT2D eigenvalue weighted by atomic mass is 127. The molecule has 0 aliphatic carbocycles. The third-order valence-electron chi connectivity index (χ3n) is 4.67. The van der Waals surface area contributed by atoms with Crippen molar-refractivity contribution >= 4 is 47.6 Å². The minimum absolute atomic E-state index is 0. The van der Waals surface area contributed by atoms with E-state index >= 15 is 0 Å². The van der Waals surface area contributed by atoms with Crippen LogP contribution in [0.25, 0.3) is 0 Å². The molecule has 0 radical (unpaired) electrons. The fourth-order valence-corrected chi connectivity index (χ4v) is 3.19. The van der Waals surface area contributed by atoms with Gasteiger partial charge in [-0.15, -0.1) is 24.0 Å². The van der Waals surface area contributed by atoms with Crippen molar-refractivity contribution < 1.29 is 14.3 Å². The van der Waals surface area contributed by atoms with Crippen LogP contribution in [-0.4, -0.2) is 62.4 Å². The van der Waals surface area contributed by atoms with Crippen molar-refractivity contribution in [2.24, 2.45) is 4.99 Å². The second-order valence-electron chi connectivity index (χ2n) is 6.64. The van der Waals surface area contributed by atoms with Gasteiger partial charge < -0.3 is 25.0 Å². The summed E-state index contributed by atoms with van der Waals surface area (Å²) >= 11 is 6.18. The van der Waals surface area contributed by atoms with Crippen LogP contribution in [-0.2, 0) is 4.74 Å². The molecule has 7 nitrogen and oxygen atoms in total. The zero-order valence-corrected chi connectivity index (χ0v) is 20.4. The number of benzene rings is 1. The zero-order chi connectivity index (χ0) is 20.4. The molecule has 1 aliphatic heterocycles. The second kappa shape index (κ2) is 13.7. The predicted octanol–water partition coefficient (Wildman–Crippen LogP) is 3.90. The third kappa shape index (κ3) is 8.46. The number of amides is 1. The summed E-state index contributed by atoms with van der Waals surface area (Å²) in [5.41, 5.74) is 0. The molecule has 2 rings (SSSR count). The number of hydrogen-bond acceptors (Lipinski definition) is 4. The fourth-order valence-electron chi connectivity index (χ4n) is 3.01. The van der Waals surface area contributed by atoms with Crippen LogP contribution in [0.1, 0.15) is 33.1 Å². The molecular formula is C20H32ClIN4O3. The summed E-state index contributed by atoms with van der Waals surface area (Å²) in [5, 5.41) is 7.37. The van der Waals surface area contributed by atoms with Gasteiger partial charge in [-0.1, -0.05) is 30.7 Å². The van der Waals surface area contributed by atoms with Crippen molar-refractivity contribution in [1.82, 2.24) is 15.5 Å². The second-order valence-corrected chi connectivity index (χ2v) is 7.04. The van der Waals surface area contributed by atoms with E-state index in [4.69, 9.17) is 21.1 Å². The van der Waals surface area contributed by atoms with E-state index in [1.807, 2.05) is 31.2 Å². The molecule has 1 unspecified atom stereocenters. The highest BCUT2D eigenvalue weighted by Gasteiger charge is 2.24. The lowest BCUT2D eigenvalue weighted by Crippen LogP contribution is -2.51. The van der Waals surface area contributed by atoms with Crippen molar-refractivity contribution in [2.75, 3.05) is 33.3 Å². The molecule has 0 saturated carbocycles. The SMILES string of the molecule is CCOC(=O)N1CCC(NC(=NC)NCC(CC)Oc2ccccc2Cl)CC1.I. The Balaban J connectivity index is 0.00000420. The number of halogens is 2. The van der Waals surface area contributed by atoms with Crippen LogP contribution < -0.4 is 15.4 Å². The fraction of sp³-hybridized carbons (Fsp3) is 0.600. The standard InChI is InChI=1S/C20H31ClN4O3.HI/c1-4-16(28-18-9-7-6-8-17(18)21)14-23-19(22-3)24-15-10-12-25(13-11-15)20(26)27-5-2;/h6-9,15-16H,4-5,10-14H2,1-3H3,(H2,22,23,24);1H. The minimum Gasteiger partial charge on any atom is -0.487 e. The summed E-state index contributed by atoms with van der Waals surface area (Å²) in [5.74, 6) is 1.42. The zero-order valence-electron chi connectivity index (χ0n) is 17.3. The number of carbonyl (C=O) groups is 1. The number of likely N-dealkylation sites (tertiary alicyclic amines) is 1. The Labute approximate surface area is 195 Å². The van der Waals surface area contributed by atoms with E-state index in [1.54, 1.807) is 11.9 Å². The maximum absolute atomic E-state index is 11.8. The molecule has 1 aliphatic rings. The highest BCUT2D eigenvalue weighted by molar-refractivity contribution is 14.0. The first-order valence-corrected chi connectivity index (χ1v) is 10.2. The first-order chi connectivity index (χ1) is 13.6. The van der Waals surface area contributed by atoms with Gasteiger partial charge in [0.05, 0.1) is 18.2 Å². The first kappa shape index (κ1) is 25.6. The van der Waals surface area contributed by atoms with Gasteiger partial charge in [0, 0.05) is 26.2 Å². The van der Waals surface area contributed by atoms with Gasteiger partial charge in [0.2, 0.25) is 0 Å². The van der Waals surface area contributed by atoms with E-state index in [0.717, 1.165) is 25.2 Å². The number of piperidine rings is 1. The van der Waals surface area contributed by atoms with Crippen LogP contribution in [0.4, 0.5) is 4.79 Å². The average molecular weight is 539 g/mol. The Kier molecular flexibility index (Phi) is 12.1. The van der Waals surface area contributed by atoms with Gasteiger partial charge in [0.15, 0.2) is 5.96 Å². The molecule has 1 fully saturated rings. The quantitative estimate of drug-likeness (QED) is 0.313. The number of hydrogen-bond donors (Lipinski definition) is 2. The largest absolute Gasteiger partial charge is 0.487 e. The molecule has 0 spiro atoms. The number of ether oxygens (including phenoxy) is 2. The Morgan fingerprint density at radius 2 is 2.00 bits per heavy atom. The van der Waals surface area contributed by atoms with Gasteiger partial charge in [-0.3, -0.25) is 4.99 Å². The van der Waals surface area contributed by atoms with Crippen molar-refractivity contribution in [3.63, 3.8) is 0 Å². The summed E-state index contributed by atoms with van der Waals surface area (Å²) in [6.45, 7) is 6.28. The van der Waals surface area contributed by atoms with Gasteiger partial charge in [-0.05, 0) is 38.3 Å². The number of nitrogens with one attached hydrogen (secondary N) is 2. The van der Waals surface area contributed by atoms with Crippen LogP contribution in [0.3, 0.4) is 0 Å². The smallest absolute Gasteiger partial charge is 0.409 e. The molecule has 1 aromatic carbocycles. The molecule has 9 heteroatoms. The van der Waals surface area contributed by atoms with Crippen molar-refractivity contribution in [3.8, 4) is 5.75 Å². The van der Waals surface area contributed by atoms with E-state index in [1.165, 1.54) is 0 Å². The average Bonchev–Trinajstić information content (AvgIpc) is 2.72. The first-order valence-electron chi connectivity index (χ1n) is 9.87. The van der Waals surface area contributed by atoms with Crippen LogP contribution >= 0.6 is 35.6 Å². The number of guanidine groups is 1. The molecule has 0 bridgehead atoms. The lowest BCUT2D eigenvalue weighted by Gasteiger charge is -2.32. The van der Waals surface area contributed by atoms with E-state index in [2.05, 4.69) is 22.5 Å². The number of para-hydroxylation sites is 1. The van der Waals surface area contributed by atoms with Crippen LogP contribution in [0.5, 0.6) is 5.75 Å². The maximum atomic E-state index is 11.8. The van der Waals surface area contributed by atoms with Crippen molar-refractivity contribution in [3.05, 3.63) is 29.3 Å². The lowest BCUT2D eigenvalue weighted by molar-refractivity contribution is 0.0962. The number of aliphatic imine (C=N–C) groups is 1. The molecule has 164 valence electrons. The predicted molar refractivity (Wildman–Crippen MR) is 128 cm³/mol. The lowest BCUT2D eigenvalue weighted by atomic mass is 10.1. The van der Waals surface area contributed by atoms with Gasteiger partial charge in [0.1, 0.15) is 11.9 Å². The monoisotopic (exact) mass is 538 g/mol. The van der Waals surface area contributed by atoms with Gasteiger partial charge >= 0.3 is 6.09 Å². The topological polar surface area (TPSA) is 75.2 Å². The van der Waals surface area contributed by atoms with Gasteiger partial charge in [0.25, 0.3) is 0 Å². The summed E-state index contributed by atoms with van der Waals surface area (Å²) in [7, 11) is 1.75. The molecule has 1 saturated heterocycles. The van der Waals surface area contributed by atoms with E-state index in [0.29, 0.717) is 37.0 Å². The number of rotatable bonds is 7. The number of nitrogens with zero attached hydrogens (tertiary/aromatic N) is 2. The Hall–Kier alpha value is -1.42. The van der Waals surface area contributed by atoms with Crippen LogP contribution in [0, 0.1) is 0 Å². The molecule has 1 atom stereocenters. The summed E-state index contributed by atoms with van der Waals surface area (Å²) < 4.78 is 11.1. The van der Waals surface area contributed by atoms with Gasteiger partial charge in [-0.25, -0.2) is 4.79 Å². The highest BCUT2D eigenvalue weighted by Crippen LogP contribution is 2.24. The minimum atomic E-state index is -0.231. The van der Waals surface area contributed by atoms with Gasteiger partial charge in [-0.2, -0.15) is 0 Å². The van der Waals surface area contributed by atoms with E-state index in [9.17, 15) is 4.79 Å². The Morgan fingerprint density at radius 3 is 2.59 bits per heavy atom. The third-order valence-corrected chi connectivity index (χ3v) is 4.98. The Bertz CT molecular complexity index is 654. The van der Waals surface area contributed by atoms with Crippen molar-refractivity contribution in [1.29, 1.82) is 0 Å². The summed E-state index contributed by atoms with van der Waals surface area (Å²) in [6, 6.07) is 7.74. The molecule has 1 amide bonds. The van der Waals surface area contributed by atoms with E-state index < -0.39 is 0 Å². The molecule has 29 heavy (non-hydrogen) atoms. The molecule has 2 N–H and O–H groups in total. The Morgan fingerprint density at radius 1 is 1.31 bits per heavy atom. The maximum Gasteiger partial charge on any atom is 0.409 e. The number of carbonyl (C=O) groups excluding carboxylic acids is 1. The summed E-state index contributed by atoms with van der Waals surface area (Å²) in [6.07, 6.45) is 2.29. The normalized spacial score (nSPS) is 15.9. The molecular weight excluding hydrogens is 507 g/mol. The van der Waals surface area contributed by atoms with Crippen molar-refractivity contribution in [2.45, 2.75) is 45.3 Å². The molecule has 1 heterocycles. The van der Waals surface area contributed by atoms with Crippen LogP contribution in [0.2, 0.25) is 5.02 Å². The molecule has 0 aromatic heterocycles. The molecule has 1 aromatic rings. The summed E-state index contributed by atoms with van der Waals surface area (Å²) in [4.78, 5) is 17.8. The van der Waals surface area contributed by atoms with Crippen LogP contribution in [0.15, 0.2) is 29.3 Å².